The van der Waals surface area contributed by atoms with E-state index in [1.165, 1.54) is 43.2 Å². The van der Waals surface area contributed by atoms with Crippen molar-refractivity contribution in [2.45, 2.75) is 69.3 Å². The largest absolute Gasteiger partial charge is 0.392 e. The fourth-order valence-corrected chi connectivity index (χ4v) is 5.01. The van der Waals surface area contributed by atoms with Gasteiger partial charge in [0.15, 0.2) is 0 Å². The van der Waals surface area contributed by atoms with E-state index >= 15 is 0 Å². The maximum absolute atomic E-state index is 9.75. The van der Waals surface area contributed by atoms with Crippen LogP contribution in [0.15, 0.2) is 24.3 Å². The van der Waals surface area contributed by atoms with Crippen molar-refractivity contribution in [3.63, 3.8) is 0 Å². The number of nitrogens with zero attached hydrogens (tertiary/aromatic N) is 1. The minimum atomic E-state index is -0.137. The lowest BCUT2D eigenvalue weighted by atomic mass is 9.90. The maximum atomic E-state index is 9.75. The highest BCUT2D eigenvalue weighted by molar-refractivity contribution is 5.27. The molecule has 1 saturated carbocycles. The molecule has 0 aromatic heterocycles. The Kier molecular flexibility index (Phi) is 4.90. The number of hydrogen-bond acceptors (Lipinski definition) is 4. The summed E-state index contributed by atoms with van der Waals surface area (Å²) in [6, 6.07) is 9.42. The standard InChI is InChI=1S/C20H31N3O/c24-18-8-12-23(15-18)14-17-6-2-1-5-16(17)13-21-19-7-11-22-20(19)9-3-4-10-20/h1-2,5-6,18-19,21-22,24H,3-4,7-15H2. The highest BCUT2D eigenvalue weighted by atomic mass is 16.3. The molecule has 4 heteroatoms. The van der Waals surface area contributed by atoms with Crippen molar-refractivity contribution in [1.82, 2.24) is 15.5 Å². The average Bonchev–Trinajstić information content (AvgIpc) is 3.31. The third kappa shape index (κ3) is 3.38. The molecule has 1 aromatic carbocycles. The first kappa shape index (κ1) is 16.5. The molecule has 4 rings (SSSR count). The molecule has 2 heterocycles. The number of benzene rings is 1. The molecule has 1 aromatic rings. The summed E-state index contributed by atoms with van der Waals surface area (Å²) in [5, 5.41) is 17.4. The van der Waals surface area contributed by atoms with Gasteiger partial charge >= 0.3 is 0 Å². The van der Waals surface area contributed by atoms with E-state index in [1.54, 1.807) is 0 Å². The first-order valence-electron chi connectivity index (χ1n) is 9.71. The Hall–Kier alpha value is -0.940. The molecule has 132 valence electrons. The van der Waals surface area contributed by atoms with Gasteiger partial charge in [-0.1, -0.05) is 37.1 Å². The smallest absolute Gasteiger partial charge is 0.0679 e. The molecule has 2 aliphatic heterocycles. The number of nitrogens with one attached hydrogen (secondary N) is 2. The monoisotopic (exact) mass is 329 g/mol. The van der Waals surface area contributed by atoms with E-state index in [2.05, 4.69) is 39.8 Å². The Morgan fingerprint density at radius 3 is 2.71 bits per heavy atom. The molecule has 0 bridgehead atoms. The van der Waals surface area contributed by atoms with Gasteiger partial charge in [-0.25, -0.2) is 0 Å². The molecule has 0 radical (unpaired) electrons. The topological polar surface area (TPSA) is 47.5 Å². The summed E-state index contributed by atoms with van der Waals surface area (Å²) in [5.74, 6) is 0. The highest BCUT2D eigenvalue weighted by Gasteiger charge is 2.44. The third-order valence-electron chi connectivity index (χ3n) is 6.37. The summed E-state index contributed by atoms with van der Waals surface area (Å²) in [5.41, 5.74) is 3.19. The van der Waals surface area contributed by atoms with Gasteiger partial charge in [-0.3, -0.25) is 4.90 Å². The molecule has 3 N–H and O–H groups in total. The second-order valence-corrected chi connectivity index (χ2v) is 7.96. The van der Waals surface area contributed by atoms with Crippen molar-refractivity contribution in [2.75, 3.05) is 19.6 Å². The third-order valence-corrected chi connectivity index (χ3v) is 6.37. The summed E-state index contributed by atoms with van der Waals surface area (Å²) in [4.78, 5) is 2.37. The SMILES string of the molecule is OC1CCN(Cc2ccccc2CNC2CCNC23CCCC3)C1. The van der Waals surface area contributed by atoms with Crippen LogP contribution < -0.4 is 10.6 Å². The van der Waals surface area contributed by atoms with Gasteiger partial charge in [-0.2, -0.15) is 0 Å². The Labute approximate surface area is 145 Å². The van der Waals surface area contributed by atoms with Gasteiger partial charge in [0.1, 0.15) is 0 Å². The molecule has 2 unspecified atom stereocenters. The van der Waals surface area contributed by atoms with E-state index < -0.39 is 0 Å². The van der Waals surface area contributed by atoms with Gasteiger partial charge in [0.05, 0.1) is 6.10 Å². The fraction of sp³-hybridized carbons (Fsp3) is 0.700. The summed E-state index contributed by atoms with van der Waals surface area (Å²) < 4.78 is 0. The van der Waals surface area contributed by atoms with Crippen molar-refractivity contribution in [3.8, 4) is 0 Å². The molecule has 2 atom stereocenters. The van der Waals surface area contributed by atoms with Crippen molar-refractivity contribution < 1.29 is 5.11 Å². The van der Waals surface area contributed by atoms with E-state index in [1.807, 2.05) is 0 Å². The molecule has 2 saturated heterocycles. The first-order chi connectivity index (χ1) is 11.8. The van der Waals surface area contributed by atoms with Gasteiger partial charge in [-0.05, 0) is 43.4 Å². The number of likely N-dealkylation sites (tertiary alicyclic amines) is 1. The predicted molar refractivity (Wildman–Crippen MR) is 96.8 cm³/mol. The van der Waals surface area contributed by atoms with E-state index in [0.717, 1.165) is 39.1 Å². The van der Waals surface area contributed by atoms with E-state index in [-0.39, 0.29) is 6.10 Å². The van der Waals surface area contributed by atoms with Crippen molar-refractivity contribution >= 4 is 0 Å². The lowest BCUT2D eigenvalue weighted by Gasteiger charge is -2.32. The van der Waals surface area contributed by atoms with E-state index in [9.17, 15) is 5.11 Å². The fourth-order valence-electron chi connectivity index (χ4n) is 5.01. The Bertz CT molecular complexity index is 550. The molecule has 4 nitrogen and oxygen atoms in total. The van der Waals surface area contributed by atoms with Crippen LogP contribution in [0.1, 0.15) is 49.7 Å². The number of β-amino-alcohol motifs (C(OH)–C–C–N with tert-alkyl or cyclic N) is 1. The normalized spacial score (nSPS) is 29.7. The minimum absolute atomic E-state index is 0.137. The molecule has 1 spiro atoms. The Balaban J connectivity index is 1.39. The van der Waals surface area contributed by atoms with Gasteiger partial charge in [0.2, 0.25) is 0 Å². The molecule has 0 amide bonds. The molecule has 1 aliphatic carbocycles. The van der Waals surface area contributed by atoms with Gasteiger partial charge < -0.3 is 15.7 Å². The molecule has 3 aliphatic rings. The summed E-state index contributed by atoms with van der Waals surface area (Å²) in [6.07, 6.45) is 7.44. The summed E-state index contributed by atoms with van der Waals surface area (Å²) >= 11 is 0. The number of hydrogen-bond donors (Lipinski definition) is 3. The Morgan fingerprint density at radius 1 is 1.17 bits per heavy atom. The minimum Gasteiger partial charge on any atom is -0.392 e. The number of rotatable bonds is 5. The van der Waals surface area contributed by atoms with E-state index in [4.69, 9.17) is 0 Å². The van der Waals surface area contributed by atoms with Gasteiger partial charge in [0.25, 0.3) is 0 Å². The average molecular weight is 329 g/mol. The van der Waals surface area contributed by atoms with Crippen LogP contribution in [0.4, 0.5) is 0 Å². The number of aliphatic hydroxyl groups excluding tert-OH is 1. The van der Waals surface area contributed by atoms with Crippen molar-refractivity contribution in [3.05, 3.63) is 35.4 Å². The van der Waals surface area contributed by atoms with Gasteiger partial charge in [-0.15, -0.1) is 0 Å². The van der Waals surface area contributed by atoms with Gasteiger partial charge in [0, 0.05) is 37.8 Å². The zero-order valence-electron chi connectivity index (χ0n) is 14.6. The van der Waals surface area contributed by atoms with Crippen LogP contribution in [0.2, 0.25) is 0 Å². The van der Waals surface area contributed by atoms with Crippen LogP contribution in [0.3, 0.4) is 0 Å². The van der Waals surface area contributed by atoms with Crippen LogP contribution in [0.5, 0.6) is 0 Å². The quantitative estimate of drug-likeness (QED) is 0.773. The predicted octanol–water partition coefficient (Wildman–Crippen LogP) is 2.02. The van der Waals surface area contributed by atoms with Crippen LogP contribution in [-0.2, 0) is 13.1 Å². The second kappa shape index (κ2) is 7.12. The first-order valence-corrected chi connectivity index (χ1v) is 9.71. The van der Waals surface area contributed by atoms with Crippen LogP contribution in [0.25, 0.3) is 0 Å². The molecule has 3 fully saturated rings. The summed E-state index contributed by atoms with van der Waals surface area (Å²) in [7, 11) is 0. The van der Waals surface area contributed by atoms with E-state index in [0.29, 0.717) is 11.6 Å². The maximum Gasteiger partial charge on any atom is 0.0679 e. The Morgan fingerprint density at radius 2 is 1.96 bits per heavy atom. The molecular formula is C20H31N3O. The zero-order valence-corrected chi connectivity index (χ0v) is 14.6. The second-order valence-electron chi connectivity index (χ2n) is 7.96. The van der Waals surface area contributed by atoms with Crippen LogP contribution >= 0.6 is 0 Å². The highest BCUT2D eigenvalue weighted by Crippen LogP contribution is 2.37. The zero-order chi connectivity index (χ0) is 16.4. The van der Waals surface area contributed by atoms with Crippen molar-refractivity contribution in [1.29, 1.82) is 0 Å². The molecule has 24 heavy (non-hydrogen) atoms. The lowest BCUT2D eigenvalue weighted by molar-refractivity contribution is 0.174. The molecular weight excluding hydrogens is 298 g/mol. The van der Waals surface area contributed by atoms with Crippen molar-refractivity contribution in [2.24, 2.45) is 0 Å². The number of aliphatic hydroxyl groups is 1. The van der Waals surface area contributed by atoms with Crippen LogP contribution in [-0.4, -0.2) is 47.3 Å². The van der Waals surface area contributed by atoms with Crippen LogP contribution in [0, 0.1) is 0 Å². The lowest BCUT2D eigenvalue weighted by Crippen LogP contribution is -2.51. The summed E-state index contributed by atoms with van der Waals surface area (Å²) in [6.45, 7) is 4.91.